The molecule has 3 aromatic heterocycles. The maximum atomic E-state index is 13.6. The Morgan fingerprint density at radius 1 is 0.818 bits per heavy atom. The molecular weight excluding hydrogens is 701 g/mol. The Kier molecular flexibility index (Phi) is 9.05. The van der Waals surface area contributed by atoms with Gasteiger partial charge in [0.25, 0.3) is 17.7 Å². The minimum Gasteiger partial charge on any atom is -0.368 e. The average molecular weight is 745 g/mol. The number of nitrogens with one attached hydrogen (secondary N) is 3. The highest BCUT2D eigenvalue weighted by Gasteiger charge is 2.46. The largest absolute Gasteiger partial charge is 0.368 e. The molecule has 0 radical (unpaired) electrons. The van der Waals surface area contributed by atoms with Crippen LogP contribution in [-0.4, -0.2) is 124 Å². The van der Waals surface area contributed by atoms with Gasteiger partial charge in [0.1, 0.15) is 17.7 Å². The number of aromatic amines is 1. The van der Waals surface area contributed by atoms with Crippen molar-refractivity contribution in [2.75, 3.05) is 68.0 Å². The second kappa shape index (κ2) is 14.2. The highest BCUT2D eigenvalue weighted by molar-refractivity contribution is 6.25. The SMILES string of the molecule is CN1CCC[C@@H]1c1cc2cnc(NC(=O)c3ccc(N4CCC(N5CCN(c6cccc7c6C(=O)N(C6CCC(=O)NC6=O)C7=O)CC5)CC4)nc3)cc2[nH]1. The zero-order chi connectivity index (χ0) is 37.8. The second-order valence-electron chi connectivity index (χ2n) is 15.3. The van der Waals surface area contributed by atoms with Gasteiger partial charge in [0, 0.05) is 87.3 Å². The molecule has 0 bridgehead atoms. The summed E-state index contributed by atoms with van der Waals surface area (Å²) in [6.45, 7) is 5.84. The number of piperidine rings is 2. The van der Waals surface area contributed by atoms with E-state index in [9.17, 15) is 24.0 Å². The van der Waals surface area contributed by atoms with Crippen LogP contribution in [0.2, 0.25) is 0 Å². The highest BCUT2D eigenvalue weighted by Crippen LogP contribution is 2.36. The van der Waals surface area contributed by atoms with Gasteiger partial charge in [0.2, 0.25) is 11.8 Å². The Balaban J connectivity index is 0.774. The number of hydrogen-bond acceptors (Lipinski definition) is 11. The number of H-pyrrole nitrogens is 1. The maximum Gasteiger partial charge on any atom is 0.264 e. The summed E-state index contributed by atoms with van der Waals surface area (Å²) < 4.78 is 0. The van der Waals surface area contributed by atoms with Crippen molar-refractivity contribution < 1.29 is 24.0 Å². The first-order valence-electron chi connectivity index (χ1n) is 19.3. The highest BCUT2D eigenvalue weighted by atomic mass is 16.2. The molecule has 0 spiro atoms. The number of piperazine rings is 1. The van der Waals surface area contributed by atoms with Crippen molar-refractivity contribution in [3.05, 3.63) is 77.2 Å². The lowest BCUT2D eigenvalue weighted by atomic mass is 10.0. The molecule has 8 heterocycles. The summed E-state index contributed by atoms with van der Waals surface area (Å²) in [6, 6.07) is 12.9. The third-order valence-electron chi connectivity index (χ3n) is 12.1. The molecule has 5 aliphatic rings. The van der Waals surface area contributed by atoms with Crippen molar-refractivity contribution in [3.8, 4) is 0 Å². The van der Waals surface area contributed by atoms with Crippen LogP contribution in [-0.2, 0) is 9.59 Å². The van der Waals surface area contributed by atoms with Gasteiger partial charge < -0.3 is 20.1 Å². The van der Waals surface area contributed by atoms with E-state index in [1.807, 2.05) is 24.3 Å². The Bertz CT molecular complexity index is 2190. The third kappa shape index (κ3) is 6.50. The van der Waals surface area contributed by atoms with Gasteiger partial charge >= 0.3 is 0 Å². The number of likely N-dealkylation sites (tertiary alicyclic amines) is 1. The molecule has 15 nitrogen and oxygen atoms in total. The fraction of sp³-hybridized carbons (Fsp3) is 0.425. The van der Waals surface area contributed by atoms with Gasteiger partial charge in [-0.15, -0.1) is 0 Å². The summed E-state index contributed by atoms with van der Waals surface area (Å²) in [5.41, 5.74) is 3.95. The van der Waals surface area contributed by atoms with Gasteiger partial charge in [0.05, 0.1) is 27.9 Å². The molecule has 0 saturated carbocycles. The average Bonchev–Trinajstić information content (AvgIpc) is 3.90. The molecule has 1 unspecified atom stereocenters. The van der Waals surface area contributed by atoms with Crippen LogP contribution in [0.3, 0.4) is 0 Å². The van der Waals surface area contributed by atoms with Crippen molar-refractivity contribution in [3.63, 3.8) is 0 Å². The lowest BCUT2D eigenvalue weighted by molar-refractivity contribution is -0.136. The molecule has 4 fully saturated rings. The Morgan fingerprint density at radius 3 is 2.36 bits per heavy atom. The predicted molar refractivity (Wildman–Crippen MR) is 205 cm³/mol. The zero-order valence-corrected chi connectivity index (χ0v) is 30.8. The monoisotopic (exact) mass is 744 g/mol. The lowest BCUT2D eigenvalue weighted by Gasteiger charge is -2.43. The third-order valence-corrected chi connectivity index (χ3v) is 12.1. The summed E-state index contributed by atoms with van der Waals surface area (Å²) in [4.78, 5) is 87.3. The standard InChI is InChI=1S/C40H44N10O5/c1-46-13-3-6-30(46)29-20-25-23-41-33(21-28(25)43-29)44-37(52)24-7-9-34(42-22-24)49-14-11-26(12-15-49)47-16-18-48(19-17-47)31-5-2-4-27-36(31)40(55)50(39(27)54)32-8-10-35(51)45-38(32)53/h2,4-5,7,9,20-23,26,30,32,43H,3,6,8,10-19H2,1H3,(H,41,44,52)(H,45,51,53)/t30-,32?/m1/s1. The summed E-state index contributed by atoms with van der Waals surface area (Å²) in [5.74, 6) is -0.885. The van der Waals surface area contributed by atoms with Crippen molar-refractivity contribution in [1.29, 1.82) is 0 Å². The van der Waals surface area contributed by atoms with Crippen molar-refractivity contribution in [1.82, 2.24) is 35.0 Å². The van der Waals surface area contributed by atoms with Gasteiger partial charge in [-0.3, -0.25) is 44.0 Å². The lowest BCUT2D eigenvalue weighted by Crippen LogP contribution is -2.54. The maximum absolute atomic E-state index is 13.6. The van der Waals surface area contributed by atoms with E-state index < -0.39 is 29.7 Å². The molecule has 284 valence electrons. The van der Waals surface area contributed by atoms with Gasteiger partial charge in [-0.05, 0) is 76.0 Å². The fourth-order valence-electron chi connectivity index (χ4n) is 9.04. The summed E-state index contributed by atoms with van der Waals surface area (Å²) in [6.07, 6.45) is 7.91. The Morgan fingerprint density at radius 2 is 1.64 bits per heavy atom. The topological polar surface area (TPSA) is 167 Å². The van der Waals surface area contributed by atoms with E-state index in [-0.39, 0.29) is 18.7 Å². The number of hydrogen-bond donors (Lipinski definition) is 3. The number of benzene rings is 1. The molecule has 2 atom stereocenters. The quantitative estimate of drug-likeness (QED) is 0.238. The van der Waals surface area contributed by atoms with Crippen LogP contribution in [0.15, 0.2) is 54.9 Å². The number of carbonyl (C=O) groups is 5. The number of rotatable bonds is 7. The van der Waals surface area contributed by atoms with Gasteiger partial charge in [-0.1, -0.05) is 6.07 Å². The number of fused-ring (bicyclic) bond motifs is 2. The summed E-state index contributed by atoms with van der Waals surface area (Å²) in [7, 11) is 2.15. The van der Waals surface area contributed by atoms with Crippen LogP contribution < -0.4 is 20.4 Å². The Hall–Kier alpha value is -5.67. The van der Waals surface area contributed by atoms with E-state index in [0.717, 1.165) is 73.6 Å². The number of pyridine rings is 2. The smallest absolute Gasteiger partial charge is 0.264 e. The Labute approximate surface area is 318 Å². The van der Waals surface area contributed by atoms with Crippen molar-refractivity contribution >= 4 is 57.8 Å². The molecule has 4 aromatic rings. The molecule has 1 aromatic carbocycles. The first-order chi connectivity index (χ1) is 26.7. The van der Waals surface area contributed by atoms with E-state index in [2.05, 4.69) is 58.3 Å². The minimum absolute atomic E-state index is 0.0872. The van der Waals surface area contributed by atoms with Gasteiger partial charge in [-0.2, -0.15) is 0 Å². The van der Waals surface area contributed by atoms with Crippen molar-refractivity contribution in [2.24, 2.45) is 0 Å². The number of imide groups is 2. The second-order valence-corrected chi connectivity index (χ2v) is 15.3. The normalized spacial score (nSPS) is 22.8. The number of nitrogens with zero attached hydrogens (tertiary/aromatic N) is 7. The first kappa shape index (κ1) is 35.1. The molecule has 3 N–H and O–H groups in total. The summed E-state index contributed by atoms with van der Waals surface area (Å²) >= 11 is 0. The van der Waals surface area contributed by atoms with Gasteiger partial charge in [0.15, 0.2) is 0 Å². The summed E-state index contributed by atoms with van der Waals surface area (Å²) in [5, 5.41) is 6.21. The molecule has 0 aliphatic carbocycles. The molecule has 15 heteroatoms. The molecule has 5 amide bonds. The van der Waals surface area contributed by atoms with E-state index in [1.165, 1.54) is 12.1 Å². The van der Waals surface area contributed by atoms with Crippen LogP contribution in [0.4, 0.5) is 17.3 Å². The number of carbonyl (C=O) groups excluding carboxylic acids is 5. The van der Waals surface area contributed by atoms with Gasteiger partial charge in [-0.25, -0.2) is 9.97 Å². The van der Waals surface area contributed by atoms with Crippen LogP contribution in [0.1, 0.15) is 81.3 Å². The molecular formula is C40H44N10O5. The van der Waals surface area contributed by atoms with Crippen LogP contribution in [0, 0.1) is 0 Å². The fourth-order valence-corrected chi connectivity index (χ4v) is 9.04. The van der Waals surface area contributed by atoms with E-state index >= 15 is 0 Å². The van der Waals surface area contributed by atoms with Crippen molar-refractivity contribution in [2.45, 2.75) is 56.7 Å². The minimum atomic E-state index is -0.986. The molecule has 5 aliphatic heterocycles. The molecule has 4 saturated heterocycles. The molecule has 55 heavy (non-hydrogen) atoms. The van der Waals surface area contributed by atoms with Crippen LogP contribution in [0.5, 0.6) is 0 Å². The van der Waals surface area contributed by atoms with Crippen LogP contribution in [0.25, 0.3) is 10.9 Å². The van der Waals surface area contributed by atoms with E-state index in [0.29, 0.717) is 53.4 Å². The van der Waals surface area contributed by atoms with Crippen LogP contribution >= 0.6 is 0 Å². The molecule has 9 rings (SSSR count). The van der Waals surface area contributed by atoms with E-state index in [1.54, 1.807) is 24.5 Å². The zero-order valence-electron chi connectivity index (χ0n) is 30.8. The number of aromatic nitrogens is 3. The first-order valence-corrected chi connectivity index (χ1v) is 19.3. The predicted octanol–water partition coefficient (Wildman–Crippen LogP) is 3.17. The number of amides is 5. The number of anilines is 3. The van der Waals surface area contributed by atoms with E-state index in [4.69, 9.17) is 0 Å².